The summed E-state index contributed by atoms with van der Waals surface area (Å²) in [6.45, 7) is 2.06. The molecule has 1 aromatic heterocycles. The van der Waals surface area contributed by atoms with Gasteiger partial charge in [-0.15, -0.1) is 11.3 Å². The number of carbonyl (C=O) groups is 1. The smallest absolute Gasteiger partial charge is 0.432 e. The molecule has 0 spiro atoms. The topological polar surface area (TPSA) is 48.4 Å². The lowest BCUT2D eigenvalue weighted by atomic mass is 9.92. The summed E-state index contributed by atoms with van der Waals surface area (Å²) in [5, 5.41) is 2.18. The molecule has 0 radical (unpaired) electrons. The summed E-state index contributed by atoms with van der Waals surface area (Å²) in [6, 6.07) is 6.82. The standard InChI is InChI=1S/C20H24F3NO3S/c1-3-4-5-9-12-16(17-24-13-14-28-17)27-18(25)19(26-2,20(21,22)23)15-10-7-6-8-11-15/h6-8,10-11,13-14,16H,3-5,9,12H2,1-2H3/t16-,19+/m0/s1. The predicted octanol–water partition coefficient (Wildman–Crippen LogP) is 5.80. The maximum Gasteiger partial charge on any atom is 0.432 e. The lowest BCUT2D eigenvalue weighted by Gasteiger charge is -2.33. The first-order chi connectivity index (χ1) is 13.4. The lowest BCUT2D eigenvalue weighted by molar-refractivity contribution is -0.278. The monoisotopic (exact) mass is 415 g/mol. The largest absolute Gasteiger partial charge is 0.452 e. The molecule has 2 aromatic rings. The Labute approximate surface area is 166 Å². The summed E-state index contributed by atoms with van der Waals surface area (Å²) in [6.07, 6.45) is -0.223. The number of ether oxygens (including phenoxy) is 2. The van der Waals surface area contributed by atoms with Crippen molar-refractivity contribution in [3.8, 4) is 0 Å². The van der Waals surface area contributed by atoms with Gasteiger partial charge in [0.1, 0.15) is 5.01 Å². The van der Waals surface area contributed by atoms with Gasteiger partial charge in [0.25, 0.3) is 5.60 Å². The van der Waals surface area contributed by atoms with Gasteiger partial charge in [-0.2, -0.15) is 13.2 Å². The van der Waals surface area contributed by atoms with Crippen molar-refractivity contribution in [2.45, 2.75) is 56.9 Å². The maximum atomic E-state index is 14.0. The Morgan fingerprint density at radius 3 is 2.43 bits per heavy atom. The van der Waals surface area contributed by atoms with E-state index < -0.39 is 23.9 Å². The summed E-state index contributed by atoms with van der Waals surface area (Å²) in [4.78, 5) is 17.0. The van der Waals surface area contributed by atoms with E-state index in [9.17, 15) is 18.0 Å². The van der Waals surface area contributed by atoms with Crippen LogP contribution in [0.2, 0.25) is 0 Å². The number of carbonyl (C=O) groups excluding carboxylic acids is 1. The number of unbranched alkanes of at least 4 members (excludes halogenated alkanes) is 3. The Hall–Kier alpha value is -1.93. The fourth-order valence-corrected chi connectivity index (χ4v) is 3.68. The fourth-order valence-electron chi connectivity index (χ4n) is 2.98. The molecular formula is C20H24F3NO3S. The van der Waals surface area contributed by atoms with Crippen LogP contribution in [-0.4, -0.2) is 24.2 Å². The number of esters is 1. The molecule has 0 amide bonds. The van der Waals surface area contributed by atoms with Gasteiger partial charge >= 0.3 is 12.1 Å². The third-order valence-electron chi connectivity index (χ3n) is 4.47. The Balaban J connectivity index is 2.31. The van der Waals surface area contributed by atoms with Crippen LogP contribution in [0.3, 0.4) is 0 Å². The molecule has 0 aliphatic rings. The van der Waals surface area contributed by atoms with Crippen LogP contribution in [0.5, 0.6) is 0 Å². The van der Waals surface area contributed by atoms with Crippen LogP contribution >= 0.6 is 11.3 Å². The van der Waals surface area contributed by atoms with Crippen molar-refractivity contribution in [2.24, 2.45) is 0 Å². The summed E-state index contributed by atoms with van der Waals surface area (Å²) in [5.74, 6) is -1.48. The van der Waals surface area contributed by atoms with Crippen molar-refractivity contribution in [3.63, 3.8) is 0 Å². The molecule has 0 bridgehead atoms. The first-order valence-corrected chi connectivity index (χ1v) is 10.0. The quantitative estimate of drug-likeness (QED) is 0.363. The second-order valence-electron chi connectivity index (χ2n) is 6.36. The van der Waals surface area contributed by atoms with Crippen molar-refractivity contribution in [2.75, 3.05) is 7.11 Å². The average Bonchev–Trinajstić information content (AvgIpc) is 3.19. The van der Waals surface area contributed by atoms with Crippen LogP contribution < -0.4 is 0 Å². The fraction of sp³-hybridized carbons (Fsp3) is 0.500. The van der Waals surface area contributed by atoms with E-state index in [4.69, 9.17) is 9.47 Å². The summed E-state index contributed by atoms with van der Waals surface area (Å²) in [7, 11) is 0.862. The number of hydrogen-bond acceptors (Lipinski definition) is 5. The van der Waals surface area contributed by atoms with Gasteiger partial charge in [0.2, 0.25) is 0 Å². The van der Waals surface area contributed by atoms with Crippen LogP contribution in [-0.2, 0) is 19.9 Å². The van der Waals surface area contributed by atoms with Crippen LogP contribution in [0.15, 0.2) is 41.9 Å². The maximum absolute atomic E-state index is 14.0. The Morgan fingerprint density at radius 1 is 1.18 bits per heavy atom. The van der Waals surface area contributed by atoms with Gasteiger partial charge < -0.3 is 9.47 Å². The first-order valence-electron chi connectivity index (χ1n) is 9.14. The predicted molar refractivity (Wildman–Crippen MR) is 101 cm³/mol. The van der Waals surface area contributed by atoms with Crippen LogP contribution in [0, 0.1) is 0 Å². The molecule has 2 rings (SSSR count). The number of thiazole rings is 1. The Bertz CT molecular complexity index is 722. The summed E-state index contributed by atoms with van der Waals surface area (Å²) >= 11 is 1.25. The molecule has 154 valence electrons. The lowest BCUT2D eigenvalue weighted by Crippen LogP contribution is -2.52. The molecule has 1 heterocycles. The van der Waals surface area contributed by atoms with E-state index in [0.717, 1.165) is 32.8 Å². The molecular weight excluding hydrogens is 391 g/mol. The van der Waals surface area contributed by atoms with Crippen molar-refractivity contribution in [1.82, 2.24) is 4.98 Å². The Kier molecular flexibility index (Phi) is 8.00. The molecule has 28 heavy (non-hydrogen) atoms. The minimum absolute atomic E-state index is 0.320. The zero-order valence-corrected chi connectivity index (χ0v) is 16.7. The highest BCUT2D eigenvalue weighted by Crippen LogP contribution is 2.44. The van der Waals surface area contributed by atoms with Gasteiger partial charge in [-0.25, -0.2) is 9.78 Å². The number of methoxy groups -OCH3 is 1. The highest BCUT2D eigenvalue weighted by molar-refractivity contribution is 7.09. The van der Waals surface area contributed by atoms with Crippen LogP contribution in [0.25, 0.3) is 0 Å². The second kappa shape index (κ2) is 10.0. The van der Waals surface area contributed by atoms with E-state index in [1.54, 1.807) is 11.4 Å². The number of halogens is 3. The molecule has 0 N–H and O–H groups in total. The van der Waals surface area contributed by atoms with Gasteiger partial charge in [0.05, 0.1) is 0 Å². The van der Waals surface area contributed by atoms with Crippen molar-refractivity contribution < 1.29 is 27.4 Å². The number of hydrogen-bond donors (Lipinski definition) is 0. The van der Waals surface area contributed by atoms with E-state index in [1.165, 1.54) is 41.8 Å². The molecule has 0 saturated heterocycles. The van der Waals surface area contributed by atoms with E-state index in [-0.39, 0.29) is 5.56 Å². The van der Waals surface area contributed by atoms with Crippen molar-refractivity contribution in [3.05, 3.63) is 52.5 Å². The molecule has 4 nitrogen and oxygen atoms in total. The van der Waals surface area contributed by atoms with Crippen molar-refractivity contribution >= 4 is 17.3 Å². The zero-order chi connectivity index (χ0) is 20.6. The van der Waals surface area contributed by atoms with E-state index in [2.05, 4.69) is 11.9 Å². The van der Waals surface area contributed by atoms with E-state index >= 15 is 0 Å². The third kappa shape index (κ3) is 4.91. The van der Waals surface area contributed by atoms with Gasteiger partial charge in [-0.3, -0.25) is 0 Å². The van der Waals surface area contributed by atoms with Crippen LogP contribution in [0.4, 0.5) is 13.2 Å². The van der Waals surface area contributed by atoms with Crippen LogP contribution in [0.1, 0.15) is 55.7 Å². The van der Waals surface area contributed by atoms with E-state index in [0.29, 0.717) is 11.4 Å². The molecule has 1 aromatic carbocycles. The number of alkyl halides is 3. The minimum atomic E-state index is -4.99. The first kappa shape index (κ1) is 22.4. The van der Waals surface area contributed by atoms with E-state index in [1.807, 2.05) is 0 Å². The summed E-state index contributed by atoms with van der Waals surface area (Å²) < 4.78 is 52.2. The molecule has 0 fully saturated rings. The third-order valence-corrected chi connectivity index (χ3v) is 5.34. The van der Waals surface area contributed by atoms with Gasteiger partial charge in [-0.1, -0.05) is 56.5 Å². The summed E-state index contributed by atoms with van der Waals surface area (Å²) in [5.41, 5.74) is -3.51. The SMILES string of the molecule is CCCCCC[C@H](OC(=O)[C@](OC)(c1ccccc1)C(F)(F)F)c1nccs1. The Morgan fingerprint density at radius 2 is 1.89 bits per heavy atom. The normalized spacial score (nSPS) is 15.0. The minimum Gasteiger partial charge on any atom is -0.452 e. The van der Waals surface area contributed by atoms with Gasteiger partial charge in [-0.05, 0) is 12.8 Å². The molecule has 0 saturated carbocycles. The number of rotatable bonds is 10. The second-order valence-corrected chi connectivity index (χ2v) is 7.29. The average molecular weight is 415 g/mol. The van der Waals surface area contributed by atoms with Gasteiger partial charge in [0, 0.05) is 24.3 Å². The zero-order valence-electron chi connectivity index (χ0n) is 15.9. The number of benzene rings is 1. The highest BCUT2D eigenvalue weighted by atomic mass is 32.1. The number of aromatic nitrogens is 1. The van der Waals surface area contributed by atoms with Crippen molar-refractivity contribution in [1.29, 1.82) is 0 Å². The molecule has 8 heteroatoms. The van der Waals surface area contributed by atoms with Gasteiger partial charge in [0.15, 0.2) is 6.10 Å². The molecule has 0 unspecified atom stereocenters. The highest BCUT2D eigenvalue weighted by Gasteiger charge is 2.64. The molecule has 2 atom stereocenters. The number of nitrogens with zero attached hydrogens (tertiary/aromatic N) is 1. The molecule has 0 aliphatic carbocycles. The molecule has 0 aliphatic heterocycles.